The number of aromatic nitrogens is 2. The van der Waals surface area contributed by atoms with Gasteiger partial charge in [-0.25, -0.2) is 9.78 Å². The summed E-state index contributed by atoms with van der Waals surface area (Å²) in [7, 11) is 1.94. The van der Waals surface area contributed by atoms with Crippen LogP contribution in [0.15, 0.2) is 12.4 Å². The highest BCUT2D eigenvalue weighted by molar-refractivity contribution is 5.78. The Labute approximate surface area is 137 Å². The Bertz CT molecular complexity index is 562. The van der Waals surface area contributed by atoms with Gasteiger partial charge in [-0.1, -0.05) is 0 Å². The van der Waals surface area contributed by atoms with E-state index in [0.29, 0.717) is 0 Å². The van der Waals surface area contributed by atoms with Crippen LogP contribution in [0.2, 0.25) is 0 Å². The van der Waals surface area contributed by atoms with Crippen molar-refractivity contribution in [2.45, 2.75) is 51.7 Å². The molecule has 1 fully saturated rings. The van der Waals surface area contributed by atoms with Crippen LogP contribution in [0.4, 0.5) is 4.79 Å². The normalized spacial score (nSPS) is 18.1. The van der Waals surface area contributed by atoms with Crippen molar-refractivity contribution in [1.29, 1.82) is 0 Å². The molecule has 1 saturated heterocycles. The predicted molar refractivity (Wildman–Crippen MR) is 85.7 cm³/mol. The van der Waals surface area contributed by atoms with E-state index in [-0.39, 0.29) is 24.9 Å². The van der Waals surface area contributed by atoms with Gasteiger partial charge in [0.2, 0.25) is 5.91 Å². The van der Waals surface area contributed by atoms with Crippen molar-refractivity contribution in [3.63, 3.8) is 0 Å². The molecule has 128 valence electrons. The van der Waals surface area contributed by atoms with Gasteiger partial charge in [0.05, 0.1) is 6.04 Å². The Hall–Kier alpha value is -2.05. The second-order valence-electron chi connectivity index (χ2n) is 6.82. The molecule has 0 aliphatic carbocycles. The molecule has 1 aliphatic rings. The number of amides is 2. The van der Waals surface area contributed by atoms with Gasteiger partial charge in [0.25, 0.3) is 0 Å². The van der Waals surface area contributed by atoms with E-state index in [1.807, 2.05) is 22.7 Å². The van der Waals surface area contributed by atoms with E-state index >= 15 is 0 Å². The van der Waals surface area contributed by atoms with E-state index in [1.54, 1.807) is 27.0 Å². The number of alkyl carbamates (subject to hydrolysis) is 1. The molecule has 1 atom stereocenters. The molecule has 0 radical (unpaired) electrons. The fourth-order valence-corrected chi connectivity index (χ4v) is 2.76. The first kappa shape index (κ1) is 17.3. The summed E-state index contributed by atoms with van der Waals surface area (Å²) in [6.07, 6.45) is 5.31. The van der Waals surface area contributed by atoms with E-state index in [2.05, 4.69) is 10.3 Å². The molecule has 2 heterocycles. The zero-order chi connectivity index (χ0) is 17.0. The molecule has 23 heavy (non-hydrogen) atoms. The summed E-state index contributed by atoms with van der Waals surface area (Å²) in [5.74, 6) is 0.947. The molecule has 7 heteroatoms. The van der Waals surface area contributed by atoms with Crippen LogP contribution in [0, 0.1) is 0 Å². The number of hydrogen-bond acceptors (Lipinski definition) is 4. The zero-order valence-electron chi connectivity index (χ0n) is 14.3. The van der Waals surface area contributed by atoms with Crippen molar-refractivity contribution >= 4 is 12.0 Å². The number of carbonyl (C=O) groups is 2. The lowest BCUT2D eigenvalue weighted by atomic mass is 10.2. The maximum absolute atomic E-state index is 12.4. The number of nitrogens with zero attached hydrogens (tertiary/aromatic N) is 3. The van der Waals surface area contributed by atoms with E-state index in [1.165, 1.54) is 0 Å². The van der Waals surface area contributed by atoms with Crippen molar-refractivity contribution in [2.75, 3.05) is 13.1 Å². The summed E-state index contributed by atoms with van der Waals surface area (Å²) in [5.41, 5.74) is -0.535. The van der Waals surface area contributed by atoms with Crippen molar-refractivity contribution < 1.29 is 14.3 Å². The van der Waals surface area contributed by atoms with E-state index in [9.17, 15) is 9.59 Å². The molecule has 0 saturated carbocycles. The zero-order valence-corrected chi connectivity index (χ0v) is 14.3. The molecule has 1 N–H and O–H groups in total. The molecule has 1 aromatic rings. The second-order valence-corrected chi connectivity index (χ2v) is 6.82. The number of aryl methyl sites for hydroxylation is 1. The smallest absolute Gasteiger partial charge is 0.407 e. The molecule has 1 aliphatic heterocycles. The Balaban J connectivity index is 1.83. The van der Waals surface area contributed by atoms with Crippen LogP contribution in [0.1, 0.15) is 51.9 Å². The minimum absolute atomic E-state index is 0.0315. The Morgan fingerprint density at radius 3 is 2.78 bits per heavy atom. The number of carbonyl (C=O) groups excluding carboxylic acids is 2. The summed E-state index contributed by atoms with van der Waals surface area (Å²) in [5, 5.41) is 2.63. The van der Waals surface area contributed by atoms with Crippen LogP contribution < -0.4 is 5.32 Å². The lowest BCUT2D eigenvalue weighted by Gasteiger charge is -2.24. The number of rotatable bonds is 4. The molecule has 0 bridgehead atoms. The Morgan fingerprint density at radius 2 is 2.17 bits per heavy atom. The van der Waals surface area contributed by atoms with Crippen molar-refractivity contribution in [2.24, 2.45) is 7.05 Å². The quantitative estimate of drug-likeness (QED) is 0.920. The Morgan fingerprint density at radius 1 is 1.43 bits per heavy atom. The second kappa shape index (κ2) is 7.02. The predicted octanol–water partition coefficient (Wildman–Crippen LogP) is 2.00. The van der Waals surface area contributed by atoms with Gasteiger partial charge in [0, 0.05) is 39.0 Å². The van der Waals surface area contributed by atoms with E-state index in [0.717, 1.165) is 25.2 Å². The third-order valence-electron chi connectivity index (χ3n) is 3.74. The van der Waals surface area contributed by atoms with Crippen LogP contribution in [0.5, 0.6) is 0 Å². The fraction of sp³-hybridized carbons (Fsp3) is 0.688. The average molecular weight is 322 g/mol. The van der Waals surface area contributed by atoms with Crippen molar-refractivity contribution in [3.05, 3.63) is 18.2 Å². The molecule has 0 unspecified atom stereocenters. The minimum Gasteiger partial charge on any atom is -0.444 e. The van der Waals surface area contributed by atoms with Gasteiger partial charge in [-0.15, -0.1) is 0 Å². The van der Waals surface area contributed by atoms with Crippen molar-refractivity contribution in [3.8, 4) is 0 Å². The van der Waals surface area contributed by atoms with Gasteiger partial charge >= 0.3 is 6.09 Å². The first-order valence-corrected chi connectivity index (χ1v) is 8.01. The van der Waals surface area contributed by atoms with Gasteiger partial charge < -0.3 is 19.5 Å². The van der Waals surface area contributed by atoms with Gasteiger partial charge in [-0.05, 0) is 33.6 Å². The highest BCUT2D eigenvalue weighted by atomic mass is 16.6. The van der Waals surface area contributed by atoms with Crippen molar-refractivity contribution in [1.82, 2.24) is 19.8 Å². The van der Waals surface area contributed by atoms with Crippen LogP contribution >= 0.6 is 0 Å². The molecular weight excluding hydrogens is 296 g/mol. The van der Waals surface area contributed by atoms with Gasteiger partial charge in [0.1, 0.15) is 11.4 Å². The standard InChI is InChI=1S/C16H26N4O3/c1-16(2,3)23-15(22)18-8-7-13(21)20-10-5-6-12(20)14-17-9-11-19(14)4/h9,11-12H,5-8,10H2,1-4H3,(H,18,22)/t12-/m0/s1. The summed E-state index contributed by atoms with van der Waals surface area (Å²) >= 11 is 0. The third kappa shape index (κ3) is 4.71. The van der Waals surface area contributed by atoms with E-state index in [4.69, 9.17) is 4.74 Å². The maximum Gasteiger partial charge on any atom is 0.407 e. The lowest BCUT2D eigenvalue weighted by Crippen LogP contribution is -2.37. The molecule has 7 nitrogen and oxygen atoms in total. The summed E-state index contributed by atoms with van der Waals surface area (Å²) in [6, 6.07) is 0.0315. The maximum atomic E-state index is 12.4. The first-order chi connectivity index (χ1) is 10.8. The van der Waals surface area contributed by atoms with Gasteiger partial charge in [-0.3, -0.25) is 4.79 Å². The van der Waals surface area contributed by atoms with Gasteiger partial charge in [0.15, 0.2) is 0 Å². The lowest BCUT2D eigenvalue weighted by molar-refractivity contribution is -0.132. The third-order valence-corrected chi connectivity index (χ3v) is 3.74. The van der Waals surface area contributed by atoms with Crippen LogP contribution in [0.25, 0.3) is 0 Å². The molecular formula is C16H26N4O3. The topological polar surface area (TPSA) is 76.5 Å². The minimum atomic E-state index is -0.535. The highest BCUT2D eigenvalue weighted by Crippen LogP contribution is 2.30. The number of hydrogen-bond donors (Lipinski definition) is 1. The van der Waals surface area contributed by atoms with Gasteiger partial charge in [-0.2, -0.15) is 0 Å². The number of nitrogens with one attached hydrogen (secondary N) is 1. The van der Waals surface area contributed by atoms with E-state index < -0.39 is 11.7 Å². The molecule has 1 aromatic heterocycles. The fourth-order valence-electron chi connectivity index (χ4n) is 2.76. The molecule has 0 spiro atoms. The number of ether oxygens (including phenoxy) is 1. The van der Waals surface area contributed by atoms with Crippen LogP contribution in [0.3, 0.4) is 0 Å². The molecule has 2 rings (SSSR count). The monoisotopic (exact) mass is 322 g/mol. The highest BCUT2D eigenvalue weighted by Gasteiger charge is 2.32. The van der Waals surface area contributed by atoms with Crippen LogP contribution in [-0.4, -0.2) is 45.1 Å². The molecule has 2 amide bonds. The van der Waals surface area contributed by atoms with Crippen LogP contribution in [-0.2, 0) is 16.6 Å². The largest absolute Gasteiger partial charge is 0.444 e. The Kier molecular flexibility index (Phi) is 5.28. The summed E-state index contributed by atoms with van der Waals surface area (Å²) in [6.45, 7) is 6.43. The summed E-state index contributed by atoms with van der Waals surface area (Å²) in [4.78, 5) is 30.2. The number of likely N-dealkylation sites (tertiary alicyclic amines) is 1. The number of imidazole rings is 1. The average Bonchev–Trinajstić information content (AvgIpc) is 3.04. The SMILES string of the molecule is Cn1ccnc1[C@@H]1CCCN1C(=O)CCNC(=O)OC(C)(C)C. The summed E-state index contributed by atoms with van der Waals surface area (Å²) < 4.78 is 7.11. The molecule has 0 aromatic carbocycles. The first-order valence-electron chi connectivity index (χ1n) is 8.01.